The van der Waals surface area contributed by atoms with E-state index in [9.17, 15) is 8.42 Å². The van der Waals surface area contributed by atoms with Gasteiger partial charge in [-0.2, -0.15) is 0 Å². The van der Waals surface area contributed by atoms with Crippen molar-refractivity contribution in [3.63, 3.8) is 0 Å². The molecule has 0 spiro atoms. The Morgan fingerprint density at radius 2 is 1.95 bits per heavy atom. The van der Waals surface area contributed by atoms with Crippen LogP contribution in [0.1, 0.15) is 12.8 Å². The van der Waals surface area contributed by atoms with Gasteiger partial charge >= 0.3 is 0 Å². The van der Waals surface area contributed by atoms with Crippen LogP contribution in [-0.4, -0.2) is 21.5 Å². The zero-order valence-electron chi connectivity index (χ0n) is 11.1. The lowest BCUT2D eigenvalue weighted by Crippen LogP contribution is -2.50. The summed E-state index contributed by atoms with van der Waals surface area (Å²) in [7, 11) is -3.46. The molecule has 2 rings (SSSR count). The Balaban J connectivity index is 2.24. The summed E-state index contributed by atoms with van der Waals surface area (Å²) in [6, 6.07) is 10.4. The first-order valence-corrected chi connectivity index (χ1v) is 8.38. The van der Waals surface area contributed by atoms with Crippen LogP contribution in [-0.2, 0) is 10.0 Å². The third-order valence-corrected chi connectivity index (χ3v) is 4.87. The molecule has 0 fully saturated rings. The Bertz CT molecular complexity index is 701. The summed E-state index contributed by atoms with van der Waals surface area (Å²) in [6.07, 6.45) is 1.71. The van der Waals surface area contributed by atoms with Crippen LogP contribution in [0.25, 0.3) is 10.8 Å². The maximum Gasteiger partial charge on any atom is 0.240 e. The first-order valence-electron chi connectivity index (χ1n) is 6.52. The van der Waals surface area contributed by atoms with E-state index in [1.807, 2.05) is 12.1 Å². The summed E-state index contributed by atoms with van der Waals surface area (Å²) in [6.45, 7) is 1.25. The average molecular weight is 314 g/mol. The highest BCUT2D eigenvalue weighted by atomic mass is 35.5. The number of benzene rings is 2. The zero-order chi connectivity index (χ0) is 14.6. The lowest BCUT2D eigenvalue weighted by Gasteiger charge is -2.08. The lowest BCUT2D eigenvalue weighted by atomic mass is 10.1. The van der Waals surface area contributed by atoms with Crippen molar-refractivity contribution in [1.82, 2.24) is 4.72 Å². The molecule has 0 aliphatic carbocycles. The van der Waals surface area contributed by atoms with Gasteiger partial charge in [0.15, 0.2) is 0 Å². The molecule has 0 saturated carbocycles. The van der Waals surface area contributed by atoms with Crippen molar-refractivity contribution in [1.29, 1.82) is 0 Å². The van der Waals surface area contributed by atoms with Gasteiger partial charge in [-0.05, 0) is 36.4 Å². The highest BCUT2D eigenvalue weighted by Crippen LogP contribution is 2.25. The van der Waals surface area contributed by atoms with E-state index in [0.29, 0.717) is 11.6 Å². The van der Waals surface area contributed by atoms with Crippen LogP contribution >= 0.6 is 11.6 Å². The number of quaternary nitrogens is 1. The van der Waals surface area contributed by atoms with Gasteiger partial charge in [-0.25, -0.2) is 13.1 Å². The molecule has 0 saturated heterocycles. The monoisotopic (exact) mass is 313 g/mol. The SMILES string of the molecule is [NH3+]CCCCNS(=O)(=O)c1ccc2c(Cl)cccc2c1. The number of unbranched alkanes of at least 4 members (excludes halogenated alkanes) is 1. The fourth-order valence-corrected chi connectivity index (χ4v) is 3.33. The van der Waals surface area contributed by atoms with Gasteiger partial charge in [0.2, 0.25) is 10.0 Å². The predicted octanol–water partition coefficient (Wildman–Crippen LogP) is 1.79. The van der Waals surface area contributed by atoms with Crippen molar-refractivity contribution < 1.29 is 14.2 Å². The minimum atomic E-state index is -3.46. The quantitative estimate of drug-likeness (QED) is 0.798. The largest absolute Gasteiger partial charge is 0.358 e. The van der Waals surface area contributed by atoms with E-state index in [1.165, 1.54) is 0 Å². The third kappa shape index (κ3) is 3.49. The highest BCUT2D eigenvalue weighted by molar-refractivity contribution is 7.89. The van der Waals surface area contributed by atoms with E-state index in [2.05, 4.69) is 10.5 Å². The van der Waals surface area contributed by atoms with Crippen molar-refractivity contribution in [2.24, 2.45) is 0 Å². The summed E-state index contributed by atoms with van der Waals surface area (Å²) in [4.78, 5) is 0.266. The number of rotatable bonds is 6. The molecule has 0 aliphatic heterocycles. The first kappa shape index (κ1) is 15.3. The number of halogens is 1. The smallest absolute Gasteiger partial charge is 0.240 e. The van der Waals surface area contributed by atoms with Gasteiger partial charge in [0, 0.05) is 17.0 Å². The molecule has 0 aliphatic rings. The van der Waals surface area contributed by atoms with E-state index in [1.54, 1.807) is 24.3 Å². The number of hydrogen-bond acceptors (Lipinski definition) is 2. The van der Waals surface area contributed by atoms with E-state index >= 15 is 0 Å². The summed E-state index contributed by atoms with van der Waals surface area (Å²) in [5.41, 5.74) is 3.73. The minimum absolute atomic E-state index is 0.266. The fourth-order valence-electron chi connectivity index (χ4n) is 1.98. The maximum absolute atomic E-state index is 12.2. The molecule has 20 heavy (non-hydrogen) atoms. The van der Waals surface area contributed by atoms with Crippen molar-refractivity contribution in [2.45, 2.75) is 17.7 Å². The van der Waals surface area contributed by atoms with Crippen molar-refractivity contribution in [3.05, 3.63) is 41.4 Å². The van der Waals surface area contributed by atoms with Gasteiger partial charge in [-0.3, -0.25) is 0 Å². The second-order valence-electron chi connectivity index (χ2n) is 4.58. The van der Waals surface area contributed by atoms with Gasteiger partial charge < -0.3 is 5.73 Å². The molecule has 0 heterocycles. The number of sulfonamides is 1. The van der Waals surface area contributed by atoms with Crippen molar-refractivity contribution in [3.8, 4) is 0 Å². The Kier molecular flexibility index (Phi) is 4.99. The van der Waals surface area contributed by atoms with Gasteiger partial charge in [0.1, 0.15) is 0 Å². The highest BCUT2D eigenvalue weighted by Gasteiger charge is 2.14. The summed E-state index contributed by atoms with van der Waals surface area (Å²) in [5.74, 6) is 0. The Morgan fingerprint density at radius 1 is 1.15 bits per heavy atom. The van der Waals surface area contributed by atoms with Crippen LogP contribution in [0.5, 0.6) is 0 Å². The molecule has 0 amide bonds. The molecule has 0 bridgehead atoms. The minimum Gasteiger partial charge on any atom is -0.358 e. The molecule has 0 aromatic heterocycles. The Labute approximate surface area is 124 Å². The first-order chi connectivity index (χ1) is 9.54. The number of nitrogens with one attached hydrogen (secondary N) is 1. The molecular weight excluding hydrogens is 296 g/mol. The third-order valence-electron chi connectivity index (χ3n) is 3.08. The number of hydrogen-bond donors (Lipinski definition) is 2. The molecule has 0 radical (unpaired) electrons. The Morgan fingerprint density at radius 3 is 2.70 bits per heavy atom. The second kappa shape index (κ2) is 6.54. The molecule has 108 valence electrons. The average Bonchev–Trinajstić information content (AvgIpc) is 2.43. The van der Waals surface area contributed by atoms with Crippen LogP contribution in [0.2, 0.25) is 5.02 Å². The molecule has 2 aromatic carbocycles. The van der Waals surface area contributed by atoms with Gasteiger partial charge in [-0.15, -0.1) is 0 Å². The van der Waals surface area contributed by atoms with E-state index < -0.39 is 10.0 Å². The van der Waals surface area contributed by atoms with Crippen LogP contribution in [0.15, 0.2) is 41.3 Å². The van der Waals surface area contributed by atoms with Crippen molar-refractivity contribution >= 4 is 32.4 Å². The molecular formula is C14H18ClN2O2S+. The summed E-state index contributed by atoms with van der Waals surface area (Å²) in [5, 5.41) is 2.29. The Hall–Kier alpha value is -1.14. The van der Waals surface area contributed by atoms with Crippen molar-refractivity contribution in [2.75, 3.05) is 13.1 Å². The molecule has 0 atom stereocenters. The van der Waals surface area contributed by atoms with Gasteiger partial charge in [0.25, 0.3) is 0 Å². The standard InChI is InChI=1S/C14H17ClN2O2S/c15-14-5-3-4-11-10-12(6-7-13(11)14)20(18,19)17-9-2-1-8-16/h3-7,10,17H,1-2,8-9,16H2/p+1. The number of fused-ring (bicyclic) bond motifs is 1. The van der Waals surface area contributed by atoms with Gasteiger partial charge in [0.05, 0.1) is 11.4 Å². The molecule has 6 heteroatoms. The molecule has 2 aromatic rings. The van der Waals surface area contributed by atoms with Gasteiger partial charge in [-0.1, -0.05) is 29.8 Å². The maximum atomic E-state index is 12.2. The predicted molar refractivity (Wildman–Crippen MR) is 81.1 cm³/mol. The fraction of sp³-hybridized carbons (Fsp3) is 0.286. The topological polar surface area (TPSA) is 73.8 Å². The molecule has 0 unspecified atom stereocenters. The van der Waals surface area contributed by atoms with Crippen LogP contribution in [0.4, 0.5) is 0 Å². The summed E-state index contributed by atoms with van der Waals surface area (Å²) >= 11 is 6.07. The van der Waals surface area contributed by atoms with E-state index in [0.717, 1.165) is 30.2 Å². The van der Waals surface area contributed by atoms with Crippen LogP contribution in [0.3, 0.4) is 0 Å². The van der Waals surface area contributed by atoms with Crippen LogP contribution < -0.4 is 10.5 Å². The molecule has 4 N–H and O–H groups in total. The zero-order valence-corrected chi connectivity index (χ0v) is 12.7. The summed E-state index contributed by atoms with van der Waals surface area (Å²) < 4.78 is 26.9. The van der Waals surface area contributed by atoms with E-state index in [-0.39, 0.29) is 4.90 Å². The molecule has 4 nitrogen and oxygen atoms in total. The van der Waals surface area contributed by atoms with Crippen LogP contribution in [0, 0.1) is 0 Å². The lowest BCUT2D eigenvalue weighted by molar-refractivity contribution is -0.368. The van der Waals surface area contributed by atoms with E-state index in [4.69, 9.17) is 11.6 Å². The second-order valence-corrected chi connectivity index (χ2v) is 6.76. The normalized spacial score (nSPS) is 11.9.